The molecule has 0 saturated carbocycles. The average Bonchev–Trinajstić information content (AvgIpc) is 3.02. The van der Waals surface area contributed by atoms with Crippen LogP contribution in [0.4, 0.5) is 4.79 Å². The van der Waals surface area contributed by atoms with Crippen LogP contribution in [0, 0.1) is 0 Å². The van der Waals surface area contributed by atoms with Crippen LogP contribution in [-0.2, 0) is 25.9 Å². The Morgan fingerprint density at radius 3 is 3.04 bits per heavy atom. The van der Waals surface area contributed by atoms with Crippen molar-refractivity contribution in [1.82, 2.24) is 15.2 Å². The molecule has 1 atom stereocenters. The zero-order chi connectivity index (χ0) is 16.5. The minimum absolute atomic E-state index is 0.142. The number of aliphatic hydroxyl groups is 1. The molecule has 1 aliphatic carbocycles. The lowest BCUT2D eigenvalue weighted by atomic mass is 9.98. The normalized spacial score (nSPS) is 19.5. The smallest absolute Gasteiger partial charge is 0.318 e. The van der Waals surface area contributed by atoms with E-state index in [2.05, 4.69) is 10.3 Å². The summed E-state index contributed by atoms with van der Waals surface area (Å²) in [6.45, 7) is 1.33. The number of amides is 2. The van der Waals surface area contributed by atoms with Gasteiger partial charge in [-0.05, 0) is 36.8 Å². The van der Waals surface area contributed by atoms with Gasteiger partial charge in [0.05, 0.1) is 24.9 Å². The fourth-order valence-corrected chi connectivity index (χ4v) is 4.58. The Kier molecular flexibility index (Phi) is 4.24. The number of carbonyl (C=O) groups is 1. The highest BCUT2D eigenvalue weighted by atomic mass is 32.1. The van der Waals surface area contributed by atoms with Crippen molar-refractivity contribution in [2.75, 3.05) is 6.54 Å². The second kappa shape index (κ2) is 6.53. The van der Waals surface area contributed by atoms with Crippen LogP contribution < -0.4 is 5.32 Å². The van der Waals surface area contributed by atoms with Gasteiger partial charge in [0.15, 0.2) is 0 Å². The molecule has 2 heterocycles. The van der Waals surface area contributed by atoms with Crippen molar-refractivity contribution in [2.45, 2.75) is 44.9 Å². The van der Waals surface area contributed by atoms with Gasteiger partial charge >= 0.3 is 6.03 Å². The second-order valence-electron chi connectivity index (χ2n) is 6.44. The first-order chi connectivity index (χ1) is 11.7. The largest absolute Gasteiger partial charge is 0.387 e. The van der Waals surface area contributed by atoms with Gasteiger partial charge in [-0.1, -0.05) is 24.3 Å². The number of nitrogens with zero attached hydrogens (tertiary/aromatic N) is 2. The fraction of sp³-hybridized carbons (Fsp3) is 0.444. The number of aryl methyl sites for hydroxylation is 2. The quantitative estimate of drug-likeness (QED) is 0.881. The molecule has 2 aliphatic rings. The van der Waals surface area contributed by atoms with Gasteiger partial charge in [0, 0.05) is 11.4 Å². The van der Waals surface area contributed by atoms with E-state index in [4.69, 9.17) is 0 Å². The molecule has 0 radical (unpaired) electrons. The number of hydrogen-bond donors (Lipinski definition) is 2. The van der Waals surface area contributed by atoms with Crippen molar-refractivity contribution in [1.29, 1.82) is 0 Å². The molecule has 126 valence electrons. The lowest BCUT2D eigenvalue weighted by Crippen LogP contribution is -2.43. The van der Waals surface area contributed by atoms with Crippen molar-refractivity contribution in [3.8, 4) is 0 Å². The van der Waals surface area contributed by atoms with Crippen molar-refractivity contribution >= 4 is 17.4 Å². The number of aromatic nitrogens is 1. The van der Waals surface area contributed by atoms with Crippen molar-refractivity contribution in [2.24, 2.45) is 0 Å². The van der Waals surface area contributed by atoms with Crippen LogP contribution >= 0.6 is 11.3 Å². The zero-order valence-corrected chi connectivity index (χ0v) is 14.3. The number of benzene rings is 1. The number of urea groups is 1. The van der Waals surface area contributed by atoms with Crippen LogP contribution in [0.1, 0.15) is 45.7 Å². The molecule has 1 aromatic carbocycles. The summed E-state index contributed by atoms with van der Waals surface area (Å²) in [5.41, 5.74) is 3.16. The summed E-state index contributed by atoms with van der Waals surface area (Å²) in [4.78, 5) is 20.2. The number of rotatable bonds is 2. The highest BCUT2D eigenvalue weighted by Crippen LogP contribution is 2.28. The van der Waals surface area contributed by atoms with E-state index < -0.39 is 6.10 Å². The van der Waals surface area contributed by atoms with Crippen molar-refractivity contribution in [3.63, 3.8) is 0 Å². The Morgan fingerprint density at radius 1 is 1.33 bits per heavy atom. The maximum atomic E-state index is 12.5. The number of fused-ring (bicyclic) bond motifs is 2. The Bertz CT molecular complexity index is 735. The summed E-state index contributed by atoms with van der Waals surface area (Å²) in [5, 5.41) is 14.2. The van der Waals surface area contributed by atoms with Crippen LogP contribution in [0.2, 0.25) is 0 Å². The van der Waals surface area contributed by atoms with Gasteiger partial charge in [0.1, 0.15) is 5.01 Å². The lowest BCUT2D eigenvalue weighted by Gasteiger charge is -2.32. The molecule has 5 nitrogen and oxygen atoms in total. The van der Waals surface area contributed by atoms with E-state index in [0.29, 0.717) is 19.6 Å². The Morgan fingerprint density at radius 2 is 2.17 bits per heavy atom. The number of hydrogen-bond acceptors (Lipinski definition) is 4. The average molecular weight is 343 g/mol. The molecule has 0 fully saturated rings. The third-order valence-corrected chi connectivity index (χ3v) is 5.89. The summed E-state index contributed by atoms with van der Waals surface area (Å²) in [7, 11) is 0. The Labute approximate surface area is 145 Å². The van der Waals surface area contributed by atoms with E-state index in [0.717, 1.165) is 29.0 Å². The molecule has 2 amide bonds. The highest BCUT2D eigenvalue weighted by Gasteiger charge is 2.26. The summed E-state index contributed by atoms with van der Waals surface area (Å²) >= 11 is 1.72. The molecule has 1 aromatic heterocycles. The van der Waals surface area contributed by atoms with Crippen LogP contribution in [0.25, 0.3) is 0 Å². The van der Waals surface area contributed by atoms with Crippen LogP contribution in [-0.4, -0.2) is 27.6 Å². The lowest BCUT2D eigenvalue weighted by molar-refractivity contribution is 0.104. The first-order valence-electron chi connectivity index (χ1n) is 8.47. The number of thiazole rings is 1. The van der Waals surface area contributed by atoms with Crippen LogP contribution in [0.15, 0.2) is 24.3 Å². The summed E-state index contributed by atoms with van der Waals surface area (Å²) in [6, 6.07) is 7.61. The van der Waals surface area contributed by atoms with Crippen molar-refractivity contribution in [3.05, 3.63) is 51.0 Å². The van der Waals surface area contributed by atoms with Crippen LogP contribution in [0.3, 0.4) is 0 Å². The number of aliphatic hydroxyl groups excluding tert-OH is 1. The maximum absolute atomic E-state index is 12.5. The minimum atomic E-state index is -0.618. The molecule has 0 bridgehead atoms. The van der Waals surface area contributed by atoms with Gasteiger partial charge in [0.25, 0.3) is 0 Å². The standard InChI is InChI=1S/C18H21N3O2S/c22-15-11-21(10-12-5-1-2-6-13(12)15)18(23)19-9-17-20-14-7-3-4-8-16(14)24-17/h1-2,5-6,15,22H,3-4,7-11H2,(H,19,23)/t15-/m0/s1. The third kappa shape index (κ3) is 3.03. The van der Waals surface area contributed by atoms with E-state index >= 15 is 0 Å². The number of carbonyl (C=O) groups excluding carboxylic acids is 1. The van der Waals surface area contributed by atoms with Gasteiger partial charge in [-0.15, -0.1) is 11.3 Å². The van der Waals surface area contributed by atoms with Gasteiger partial charge in [-0.3, -0.25) is 0 Å². The van der Waals surface area contributed by atoms with Gasteiger partial charge in [-0.2, -0.15) is 0 Å². The summed E-state index contributed by atoms with van der Waals surface area (Å²) in [6.07, 6.45) is 4.03. The molecule has 2 aromatic rings. The third-order valence-electron chi connectivity index (χ3n) is 4.74. The summed E-state index contributed by atoms with van der Waals surface area (Å²) < 4.78 is 0. The molecule has 4 rings (SSSR count). The monoisotopic (exact) mass is 343 g/mol. The van der Waals surface area contributed by atoms with Gasteiger partial charge in [0.2, 0.25) is 0 Å². The molecular formula is C18H21N3O2S. The SMILES string of the molecule is O=C(NCc1nc2c(s1)CCCC2)N1Cc2ccccc2[C@@H](O)C1. The molecule has 24 heavy (non-hydrogen) atoms. The first-order valence-corrected chi connectivity index (χ1v) is 9.28. The Hall–Kier alpha value is -1.92. The van der Waals surface area contributed by atoms with Crippen LogP contribution in [0.5, 0.6) is 0 Å². The molecule has 6 heteroatoms. The molecular weight excluding hydrogens is 322 g/mol. The molecule has 1 aliphatic heterocycles. The van der Waals surface area contributed by atoms with E-state index in [-0.39, 0.29) is 6.03 Å². The summed E-state index contributed by atoms with van der Waals surface area (Å²) in [5.74, 6) is 0. The van der Waals surface area contributed by atoms with E-state index in [1.54, 1.807) is 16.2 Å². The topological polar surface area (TPSA) is 65.5 Å². The molecule has 2 N–H and O–H groups in total. The predicted octanol–water partition coefficient (Wildman–Crippen LogP) is 2.78. The molecule has 0 saturated heterocycles. The number of nitrogens with one attached hydrogen (secondary N) is 1. The minimum Gasteiger partial charge on any atom is -0.387 e. The zero-order valence-electron chi connectivity index (χ0n) is 13.5. The van der Waals surface area contributed by atoms with Gasteiger partial charge in [-0.25, -0.2) is 9.78 Å². The molecule has 0 spiro atoms. The van der Waals surface area contributed by atoms with Crippen molar-refractivity contribution < 1.29 is 9.90 Å². The van der Waals surface area contributed by atoms with E-state index in [1.807, 2.05) is 24.3 Å². The Balaban J connectivity index is 1.39. The fourth-order valence-electron chi connectivity index (χ4n) is 3.48. The number of β-amino-alcohol motifs (C(OH)–C–C–N with tert-alkyl or cyclic N) is 1. The highest BCUT2D eigenvalue weighted by molar-refractivity contribution is 7.11. The predicted molar refractivity (Wildman–Crippen MR) is 92.8 cm³/mol. The second-order valence-corrected chi connectivity index (χ2v) is 7.61. The molecule has 0 unspecified atom stereocenters. The van der Waals surface area contributed by atoms with E-state index in [1.165, 1.54) is 23.4 Å². The van der Waals surface area contributed by atoms with Gasteiger partial charge < -0.3 is 15.3 Å². The maximum Gasteiger partial charge on any atom is 0.318 e. The van der Waals surface area contributed by atoms with E-state index in [9.17, 15) is 9.90 Å². The first kappa shape index (κ1) is 15.6.